The van der Waals surface area contributed by atoms with Crippen LogP contribution in [-0.2, 0) is 4.79 Å². The Morgan fingerprint density at radius 3 is 2.53 bits per heavy atom. The second-order valence-electron chi connectivity index (χ2n) is 3.25. The van der Waals surface area contributed by atoms with E-state index in [1.54, 1.807) is 6.92 Å². The highest BCUT2D eigenvalue weighted by Crippen LogP contribution is 2.35. The molecule has 1 aromatic rings. The maximum atomic E-state index is 10.9. The Morgan fingerprint density at radius 1 is 1.47 bits per heavy atom. The lowest BCUT2D eigenvalue weighted by Crippen LogP contribution is -2.26. The molecule has 1 aromatic carbocycles. The highest BCUT2D eigenvalue weighted by Gasteiger charge is 2.21. The number of anilines is 1. The van der Waals surface area contributed by atoms with Gasteiger partial charge < -0.3 is 15.6 Å². The molecule has 0 amide bonds. The number of benzene rings is 1. The zero-order valence-corrected chi connectivity index (χ0v) is 15.3. The van der Waals surface area contributed by atoms with Crippen LogP contribution in [0.3, 0.4) is 0 Å². The van der Waals surface area contributed by atoms with E-state index in [1.165, 1.54) is 0 Å². The fourth-order valence-electron chi connectivity index (χ4n) is 1.15. The molecule has 0 saturated carbocycles. The first-order valence-corrected chi connectivity index (χ1v) is 7.94. The van der Waals surface area contributed by atoms with Crippen LogP contribution in [0.1, 0.15) is 13.3 Å². The molecule has 94 valence electrons. The summed E-state index contributed by atoms with van der Waals surface area (Å²) in [5.74, 6) is -0.408. The summed E-state index contributed by atoms with van der Waals surface area (Å²) in [4.78, 5) is 10.9. The first kappa shape index (κ1) is 15.5. The highest BCUT2D eigenvalue weighted by atomic mass is 127. The molecule has 0 aliphatic heterocycles. The minimum atomic E-state index is -0.962. The number of ether oxygens (including phenoxy) is 1. The Balaban J connectivity index is 3.14. The third kappa shape index (κ3) is 3.72. The summed E-state index contributed by atoms with van der Waals surface area (Å²) < 4.78 is 8.09. The van der Waals surface area contributed by atoms with Crippen molar-refractivity contribution in [1.29, 1.82) is 0 Å². The zero-order valence-electron chi connectivity index (χ0n) is 8.84. The molecule has 1 unspecified atom stereocenters. The Kier molecular flexibility index (Phi) is 6.02. The average molecular weight is 573 g/mol. The van der Waals surface area contributed by atoms with E-state index in [2.05, 4.69) is 67.8 Å². The van der Waals surface area contributed by atoms with Crippen LogP contribution in [0.4, 0.5) is 5.69 Å². The monoisotopic (exact) mass is 573 g/mol. The number of aliphatic carboxylic acids is 1. The maximum Gasteiger partial charge on any atom is 0.344 e. The molecule has 1 rings (SSSR count). The first-order chi connectivity index (χ1) is 7.88. The van der Waals surface area contributed by atoms with Gasteiger partial charge in [-0.2, -0.15) is 0 Å². The molecule has 7 heteroatoms. The van der Waals surface area contributed by atoms with E-state index >= 15 is 0 Å². The fraction of sp³-hybridized carbons (Fsp3) is 0.300. The van der Waals surface area contributed by atoms with Gasteiger partial charge in [0.2, 0.25) is 0 Å². The quantitative estimate of drug-likeness (QED) is 0.429. The summed E-state index contributed by atoms with van der Waals surface area (Å²) in [5.41, 5.74) is 6.53. The second-order valence-corrected chi connectivity index (χ2v) is 6.65. The molecule has 3 N–H and O–H groups in total. The van der Waals surface area contributed by atoms with Crippen molar-refractivity contribution in [2.24, 2.45) is 0 Å². The molecule has 0 aromatic heterocycles. The van der Waals surface area contributed by atoms with E-state index in [4.69, 9.17) is 15.6 Å². The van der Waals surface area contributed by atoms with E-state index in [0.29, 0.717) is 17.9 Å². The van der Waals surface area contributed by atoms with Gasteiger partial charge in [0.25, 0.3) is 0 Å². The van der Waals surface area contributed by atoms with Crippen LogP contribution in [0.15, 0.2) is 6.07 Å². The Morgan fingerprint density at radius 2 is 2.06 bits per heavy atom. The van der Waals surface area contributed by atoms with Crippen molar-refractivity contribution in [3.8, 4) is 5.75 Å². The Hall–Kier alpha value is 0.480. The van der Waals surface area contributed by atoms with Crippen LogP contribution in [0.25, 0.3) is 0 Å². The largest absolute Gasteiger partial charge is 0.479 e. The van der Waals surface area contributed by atoms with Crippen LogP contribution in [0.5, 0.6) is 5.75 Å². The summed E-state index contributed by atoms with van der Waals surface area (Å²) in [5, 5.41) is 8.98. The standard InChI is InChI=1S/C10H10I3NO3/c1-2-6(10(15)16)17-9-5(12)3-4(11)8(14)7(9)13/h3,6H,2,14H2,1H3,(H,15,16). The number of carbonyl (C=O) groups is 1. The van der Waals surface area contributed by atoms with Gasteiger partial charge in [0.05, 0.1) is 12.8 Å². The normalized spacial score (nSPS) is 12.2. The number of carboxylic acids is 1. The van der Waals surface area contributed by atoms with Crippen molar-refractivity contribution in [2.45, 2.75) is 19.4 Å². The number of rotatable bonds is 4. The van der Waals surface area contributed by atoms with Crippen LogP contribution >= 0.6 is 67.8 Å². The predicted molar refractivity (Wildman–Crippen MR) is 91.3 cm³/mol. The van der Waals surface area contributed by atoms with E-state index in [0.717, 1.165) is 10.7 Å². The van der Waals surface area contributed by atoms with Crippen molar-refractivity contribution < 1.29 is 14.6 Å². The molecule has 0 radical (unpaired) electrons. The van der Waals surface area contributed by atoms with Gasteiger partial charge in [-0.15, -0.1) is 0 Å². The van der Waals surface area contributed by atoms with Gasteiger partial charge in [-0.1, -0.05) is 6.92 Å². The Labute approximate surface area is 140 Å². The van der Waals surface area contributed by atoms with Gasteiger partial charge >= 0.3 is 5.97 Å². The summed E-state index contributed by atoms with van der Waals surface area (Å²) in [6, 6.07) is 1.88. The lowest BCUT2D eigenvalue weighted by atomic mass is 10.2. The van der Waals surface area contributed by atoms with Crippen molar-refractivity contribution in [3.05, 3.63) is 16.8 Å². The number of carboxylic acid groups (broad SMARTS) is 1. The molecule has 0 heterocycles. The molecule has 0 aliphatic carbocycles. The minimum absolute atomic E-state index is 0.410. The molecule has 0 fully saturated rings. The summed E-state index contributed by atoms with van der Waals surface area (Å²) in [7, 11) is 0. The molecule has 0 spiro atoms. The summed E-state index contributed by atoms with van der Waals surface area (Å²) >= 11 is 6.34. The fourth-order valence-corrected chi connectivity index (χ4v) is 4.77. The predicted octanol–water partition coefficient (Wildman–Crippen LogP) is 3.32. The lowest BCUT2D eigenvalue weighted by Gasteiger charge is -2.17. The second kappa shape index (κ2) is 6.59. The van der Waals surface area contributed by atoms with E-state index in [1.807, 2.05) is 6.07 Å². The van der Waals surface area contributed by atoms with E-state index < -0.39 is 12.1 Å². The zero-order chi connectivity index (χ0) is 13.2. The van der Waals surface area contributed by atoms with Crippen molar-refractivity contribution in [1.82, 2.24) is 0 Å². The van der Waals surface area contributed by atoms with Gasteiger partial charge in [0, 0.05) is 3.57 Å². The molecule has 0 bridgehead atoms. The summed E-state index contributed by atoms with van der Waals surface area (Å²) in [6.07, 6.45) is -0.426. The average Bonchev–Trinajstić information content (AvgIpc) is 2.26. The molecular formula is C10H10I3NO3. The minimum Gasteiger partial charge on any atom is -0.479 e. The summed E-state index contributed by atoms with van der Waals surface area (Å²) in [6.45, 7) is 1.77. The van der Waals surface area contributed by atoms with E-state index in [9.17, 15) is 4.79 Å². The number of halogens is 3. The third-order valence-electron chi connectivity index (χ3n) is 2.07. The smallest absolute Gasteiger partial charge is 0.344 e. The van der Waals surface area contributed by atoms with Crippen LogP contribution < -0.4 is 10.5 Å². The van der Waals surface area contributed by atoms with Crippen LogP contribution in [0.2, 0.25) is 0 Å². The number of nitrogens with two attached hydrogens (primary N) is 1. The molecular weight excluding hydrogens is 563 g/mol. The van der Waals surface area contributed by atoms with Gasteiger partial charge in [0.15, 0.2) is 6.10 Å². The molecule has 17 heavy (non-hydrogen) atoms. The van der Waals surface area contributed by atoms with Crippen LogP contribution in [0, 0.1) is 10.7 Å². The maximum absolute atomic E-state index is 10.9. The molecule has 1 atom stereocenters. The third-order valence-corrected chi connectivity index (χ3v) is 4.83. The van der Waals surface area contributed by atoms with Gasteiger partial charge in [-0.05, 0) is 80.3 Å². The topological polar surface area (TPSA) is 72.5 Å². The number of nitrogen functional groups attached to an aromatic ring is 1. The highest BCUT2D eigenvalue weighted by molar-refractivity contribution is 14.1. The number of hydrogen-bond acceptors (Lipinski definition) is 3. The first-order valence-electron chi connectivity index (χ1n) is 4.70. The van der Waals surface area contributed by atoms with Gasteiger partial charge in [-0.25, -0.2) is 4.79 Å². The van der Waals surface area contributed by atoms with E-state index in [-0.39, 0.29) is 0 Å². The Bertz CT molecular complexity index is 451. The molecule has 0 aliphatic rings. The molecule has 4 nitrogen and oxygen atoms in total. The van der Waals surface area contributed by atoms with Gasteiger partial charge in [-0.3, -0.25) is 0 Å². The SMILES string of the molecule is CCC(Oc1c(I)cc(I)c(N)c1I)C(=O)O. The molecule has 0 saturated heterocycles. The van der Waals surface area contributed by atoms with Crippen molar-refractivity contribution in [2.75, 3.05) is 5.73 Å². The van der Waals surface area contributed by atoms with Gasteiger partial charge in [0.1, 0.15) is 5.75 Å². The lowest BCUT2D eigenvalue weighted by molar-refractivity contribution is -0.145. The van der Waals surface area contributed by atoms with Crippen LogP contribution in [-0.4, -0.2) is 17.2 Å². The van der Waals surface area contributed by atoms with Crippen molar-refractivity contribution >= 4 is 79.4 Å². The van der Waals surface area contributed by atoms with Crippen molar-refractivity contribution in [3.63, 3.8) is 0 Å². The number of hydrogen-bond donors (Lipinski definition) is 2.